The molecule has 0 atom stereocenters. The minimum absolute atomic E-state index is 0.552. The van der Waals surface area contributed by atoms with E-state index in [1.165, 1.54) is 10.9 Å². The molecule has 4 N–H and O–H groups in total. The van der Waals surface area contributed by atoms with Crippen LogP contribution < -0.4 is 10.6 Å². The number of anilines is 3. The topological polar surface area (TPSA) is 94.3 Å². The van der Waals surface area contributed by atoms with E-state index < -0.39 is 0 Å². The lowest BCUT2D eigenvalue weighted by atomic mass is 10.1. The Morgan fingerprint density at radius 3 is 2.82 bits per heavy atom. The van der Waals surface area contributed by atoms with Gasteiger partial charge in [0.1, 0.15) is 5.82 Å². The molecule has 0 fully saturated rings. The summed E-state index contributed by atoms with van der Waals surface area (Å²) in [5.74, 6) is 1.27. The molecule has 0 saturated carbocycles. The Labute approximate surface area is 194 Å². The third kappa shape index (κ3) is 3.83. The van der Waals surface area contributed by atoms with Crippen LogP contribution in [0.2, 0.25) is 5.02 Å². The molecule has 0 spiro atoms. The lowest BCUT2D eigenvalue weighted by Crippen LogP contribution is -2.09. The molecule has 6 aromatic rings. The van der Waals surface area contributed by atoms with Crippen molar-refractivity contribution >= 4 is 61.8 Å². The van der Waals surface area contributed by atoms with Gasteiger partial charge >= 0.3 is 0 Å². The van der Waals surface area contributed by atoms with Crippen LogP contribution >= 0.6 is 11.6 Å². The number of para-hydroxylation sites is 1. The maximum Gasteiger partial charge on any atom is 0.225 e. The van der Waals surface area contributed by atoms with E-state index in [-0.39, 0.29) is 0 Å². The van der Waals surface area contributed by atoms with Crippen molar-refractivity contribution in [3.05, 3.63) is 83.6 Å². The highest BCUT2D eigenvalue weighted by atomic mass is 35.5. The number of nitrogens with one attached hydrogen (secondary N) is 4. The van der Waals surface area contributed by atoms with E-state index in [0.717, 1.165) is 39.4 Å². The molecule has 8 heteroatoms. The fraction of sp³-hybridized carbons (Fsp3) is 0.0800. The van der Waals surface area contributed by atoms with Crippen LogP contribution in [-0.2, 0) is 6.42 Å². The number of hydrogen-bond donors (Lipinski definition) is 4. The van der Waals surface area contributed by atoms with Crippen molar-refractivity contribution in [3.63, 3.8) is 0 Å². The predicted molar refractivity (Wildman–Crippen MR) is 134 cm³/mol. The molecule has 0 amide bonds. The first-order valence-electron chi connectivity index (χ1n) is 10.7. The quantitative estimate of drug-likeness (QED) is 0.246. The Bertz CT molecular complexity index is 1600. The molecule has 6 rings (SSSR count). The van der Waals surface area contributed by atoms with Gasteiger partial charge in [0.15, 0.2) is 0 Å². The minimum Gasteiger partial charge on any atom is -0.361 e. The van der Waals surface area contributed by atoms with Crippen LogP contribution in [0, 0.1) is 0 Å². The number of hydrogen-bond acceptors (Lipinski definition) is 5. The second-order valence-corrected chi connectivity index (χ2v) is 8.33. The van der Waals surface area contributed by atoms with Crippen LogP contribution in [0.15, 0.2) is 73.1 Å². The van der Waals surface area contributed by atoms with E-state index in [0.29, 0.717) is 23.3 Å². The van der Waals surface area contributed by atoms with Crippen LogP contribution in [0.4, 0.5) is 17.5 Å². The fourth-order valence-electron chi connectivity index (χ4n) is 4.08. The van der Waals surface area contributed by atoms with Crippen molar-refractivity contribution in [1.29, 1.82) is 0 Å². The number of benzene rings is 3. The minimum atomic E-state index is 0.552. The Morgan fingerprint density at radius 1 is 0.909 bits per heavy atom. The maximum absolute atomic E-state index is 6.25. The monoisotopic (exact) mass is 453 g/mol. The predicted octanol–water partition coefficient (Wildman–Crippen LogP) is 6.04. The van der Waals surface area contributed by atoms with Gasteiger partial charge in [0.2, 0.25) is 5.95 Å². The zero-order valence-corrected chi connectivity index (χ0v) is 18.3. The number of nitrogens with zero attached hydrogens (tertiary/aromatic N) is 3. The lowest BCUT2D eigenvalue weighted by Gasteiger charge is -2.12. The van der Waals surface area contributed by atoms with Gasteiger partial charge in [0.25, 0.3) is 0 Å². The van der Waals surface area contributed by atoms with Crippen molar-refractivity contribution in [3.8, 4) is 0 Å². The van der Waals surface area contributed by atoms with Gasteiger partial charge in [0.05, 0.1) is 17.2 Å². The summed E-state index contributed by atoms with van der Waals surface area (Å²) in [6.45, 7) is 0.703. The molecule has 3 aromatic carbocycles. The Hall–Kier alpha value is -4.10. The lowest BCUT2D eigenvalue weighted by molar-refractivity contribution is 0.998. The van der Waals surface area contributed by atoms with Crippen molar-refractivity contribution < 1.29 is 0 Å². The molecular weight excluding hydrogens is 434 g/mol. The average Bonchev–Trinajstić information content (AvgIpc) is 3.46. The van der Waals surface area contributed by atoms with Gasteiger partial charge in [-0.1, -0.05) is 29.8 Å². The zero-order chi connectivity index (χ0) is 22.2. The maximum atomic E-state index is 6.25. The molecule has 0 saturated heterocycles. The first-order chi connectivity index (χ1) is 16.2. The summed E-state index contributed by atoms with van der Waals surface area (Å²) in [7, 11) is 0. The molecule has 33 heavy (non-hydrogen) atoms. The number of halogens is 1. The standard InChI is InChI=1S/C25H20ClN7/c26-17-5-7-20-23(12-17)31-25(27-10-9-15-13-28-22-4-2-1-3-19(15)22)32-24(20)30-18-6-8-21-16(11-18)14-29-33-21/h1-8,11-14,28H,9-10H2,(H,29,33)(H2,27,30,31,32). The van der Waals surface area contributed by atoms with E-state index in [1.54, 1.807) is 6.20 Å². The summed E-state index contributed by atoms with van der Waals surface area (Å²) >= 11 is 6.25. The van der Waals surface area contributed by atoms with Gasteiger partial charge in [-0.15, -0.1) is 0 Å². The molecule has 7 nitrogen and oxygen atoms in total. The summed E-state index contributed by atoms with van der Waals surface area (Å²) in [6.07, 6.45) is 4.71. The van der Waals surface area contributed by atoms with Crippen LogP contribution in [0.1, 0.15) is 5.56 Å². The van der Waals surface area contributed by atoms with E-state index in [2.05, 4.69) is 50.2 Å². The van der Waals surface area contributed by atoms with E-state index in [1.807, 2.05) is 42.5 Å². The van der Waals surface area contributed by atoms with Gasteiger partial charge < -0.3 is 15.6 Å². The molecule has 162 valence electrons. The molecule has 0 aliphatic rings. The molecule has 0 unspecified atom stereocenters. The zero-order valence-electron chi connectivity index (χ0n) is 17.6. The Kier molecular flexibility index (Phi) is 4.81. The SMILES string of the molecule is Clc1ccc2c(Nc3ccc4[nH]ncc4c3)nc(NCCc3c[nH]c4ccccc34)nc2c1. The first-order valence-corrected chi connectivity index (χ1v) is 11.1. The highest BCUT2D eigenvalue weighted by Crippen LogP contribution is 2.28. The number of aromatic nitrogens is 5. The second-order valence-electron chi connectivity index (χ2n) is 7.89. The summed E-state index contributed by atoms with van der Waals surface area (Å²) in [6, 6.07) is 20.0. The summed E-state index contributed by atoms with van der Waals surface area (Å²) in [5, 5.41) is 17.7. The highest BCUT2D eigenvalue weighted by Gasteiger charge is 2.10. The van der Waals surface area contributed by atoms with Crippen molar-refractivity contribution in [2.45, 2.75) is 6.42 Å². The largest absolute Gasteiger partial charge is 0.361 e. The Morgan fingerprint density at radius 2 is 1.85 bits per heavy atom. The molecule has 0 radical (unpaired) electrons. The van der Waals surface area contributed by atoms with E-state index >= 15 is 0 Å². The van der Waals surface area contributed by atoms with Gasteiger partial charge in [-0.05, 0) is 54.4 Å². The summed E-state index contributed by atoms with van der Waals surface area (Å²) in [5.41, 5.74) is 5.08. The van der Waals surface area contributed by atoms with E-state index in [9.17, 15) is 0 Å². The van der Waals surface area contributed by atoms with Gasteiger partial charge in [-0.25, -0.2) is 4.98 Å². The molecule has 0 aliphatic heterocycles. The molecule has 0 aliphatic carbocycles. The van der Waals surface area contributed by atoms with Gasteiger partial charge in [-0.3, -0.25) is 5.10 Å². The summed E-state index contributed by atoms with van der Waals surface area (Å²) in [4.78, 5) is 12.8. The van der Waals surface area contributed by atoms with Crippen LogP contribution in [0.3, 0.4) is 0 Å². The number of H-pyrrole nitrogens is 2. The highest BCUT2D eigenvalue weighted by molar-refractivity contribution is 6.31. The molecular formula is C25H20ClN7. The summed E-state index contributed by atoms with van der Waals surface area (Å²) < 4.78 is 0. The molecule has 0 bridgehead atoms. The van der Waals surface area contributed by atoms with Gasteiger partial charge in [-0.2, -0.15) is 10.1 Å². The molecule has 3 aromatic heterocycles. The van der Waals surface area contributed by atoms with Crippen LogP contribution in [-0.4, -0.2) is 31.7 Å². The number of rotatable bonds is 6. The fourth-order valence-corrected chi connectivity index (χ4v) is 4.25. The Balaban J connectivity index is 1.29. The number of aromatic amines is 2. The van der Waals surface area contributed by atoms with Crippen LogP contribution in [0.25, 0.3) is 32.7 Å². The smallest absolute Gasteiger partial charge is 0.225 e. The van der Waals surface area contributed by atoms with Crippen molar-refractivity contribution in [2.24, 2.45) is 0 Å². The van der Waals surface area contributed by atoms with Crippen molar-refractivity contribution in [1.82, 2.24) is 25.1 Å². The average molecular weight is 454 g/mol. The first kappa shape index (κ1) is 19.6. The second kappa shape index (κ2) is 8.11. The van der Waals surface area contributed by atoms with Crippen LogP contribution in [0.5, 0.6) is 0 Å². The number of fused-ring (bicyclic) bond motifs is 3. The van der Waals surface area contributed by atoms with Crippen molar-refractivity contribution in [2.75, 3.05) is 17.2 Å². The normalized spacial score (nSPS) is 11.4. The third-order valence-corrected chi connectivity index (χ3v) is 5.95. The van der Waals surface area contributed by atoms with E-state index in [4.69, 9.17) is 21.6 Å². The molecule has 3 heterocycles. The third-order valence-electron chi connectivity index (χ3n) is 5.71. The van der Waals surface area contributed by atoms with Gasteiger partial charge in [0, 0.05) is 45.1 Å².